The fraction of sp³-hybridized carbons (Fsp3) is 0.778. The molecule has 4 N–H and O–H groups in total. The van der Waals surface area contributed by atoms with Gasteiger partial charge in [-0.25, -0.2) is 0 Å². The summed E-state index contributed by atoms with van der Waals surface area (Å²) in [6.07, 6.45) is 13.1. The summed E-state index contributed by atoms with van der Waals surface area (Å²) in [5.74, 6) is -1.18. The molecule has 4 atom stereocenters. The number of unbranched alkanes of at least 4 members (excludes halogenated alkanes) is 4. The van der Waals surface area contributed by atoms with Crippen molar-refractivity contribution in [2.45, 2.75) is 292 Å². The Morgan fingerprint density at radius 2 is 0.571 bits per heavy atom. The summed E-state index contributed by atoms with van der Waals surface area (Å²) in [6.45, 7) is 16.1. The SMILES string of the molecule is CCC(=O)CCCC(=O)COC.CCCC(=O)CCC(=O)COC.CCCCC(=O)CC(O)COC.CCCCCC(=O)C(=O)COC.COCC(=O)CCC(=O)CC(C)O.COCC(=O)CCCC(=O)C(C)=O.COCC(=O)CCCCC(C)=O.COCC(O)C(=O)CCCC(C)=O.COCC(O)CC(=O)CCC(C)=O. The van der Waals surface area contributed by atoms with Crippen molar-refractivity contribution < 1.29 is 149 Å². The van der Waals surface area contributed by atoms with Crippen LogP contribution in [0.5, 0.6) is 0 Å². The Morgan fingerprint density at radius 1 is 0.259 bits per heavy atom. The summed E-state index contributed by atoms with van der Waals surface area (Å²) in [5, 5.41) is 36.3. The van der Waals surface area contributed by atoms with E-state index in [1.807, 2.05) is 20.8 Å². The summed E-state index contributed by atoms with van der Waals surface area (Å²) in [6, 6.07) is 0. The monoisotopic (exact) mass is 1610 g/mol. The van der Waals surface area contributed by atoms with Crippen LogP contribution < -0.4 is 0 Å². The minimum absolute atomic E-state index is 0.00181. The molecule has 0 rings (SSSR count). The molecule has 0 saturated heterocycles. The number of ketones is 18. The Morgan fingerprint density at radius 3 is 0.946 bits per heavy atom. The average molecular weight is 1610 g/mol. The Bertz CT molecular complexity index is 2520. The zero-order chi connectivity index (χ0) is 88.1. The molecule has 0 radical (unpaired) electrons. The second kappa shape index (κ2) is 93.4. The molecule has 0 bridgehead atoms. The lowest BCUT2D eigenvalue weighted by Gasteiger charge is -2.07. The van der Waals surface area contributed by atoms with E-state index in [2.05, 4.69) is 44.8 Å². The maximum absolute atomic E-state index is 11.1. The Balaban J connectivity index is -0.000000152. The molecular formula is C81H144O31. The maximum atomic E-state index is 11.1. The highest BCUT2D eigenvalue weighted by molar-refractivity contribution is 6.37. The molecule has 0 spiro atoms. The summed E-state index contributed by atoms with van der Waals surface area (Å²) >= 11 is 0. The van der Waals surface area contributed by atoms with Crippen LogP contribution in [0.4, 0.5) is 0 Å². The van der Waals surface area contributed by atoms with Gasteiger partial charge in [0.05, 0.1) is 38.1 Å². The number of hydrogen-bond acceptors (Lipinski definition) is 31. The Kier molecular flexibility index (Phi) is 103. The van der Waals surface area contributed by atoms with Crippen LogP contribution in [0.15, 0.2) is 0 Å². The van der Waals surface area contributed by atoms with E-state index in [0.29, 0.717) is 96.3 Å². The summed E-state index contributed by atoms with van der Waals surface area (Å²) < 4.78 is 41.7. The minimum Gasteiger partial charge on any atom is -0.393 e. The third-order valence-electron chi connectivity index (χ3n) is 14.2. The number of methoxy groups -OCH3 is 9. The fourth-order valence-corrected chi connectivity index (χ4v) is 8.27. The zero-order valence-electron chi connectivity index (χ0n) is 71.1. The van der Waals surface area contributed by atoms with Crippen molar-refractivity contribution in [3.63, 3.8) is 0 Å². The molecule has 31 heteroatoms. The molecule has 0 aromatic carbocycles. The van der Waals surface area contributed by atoms with Crippen LogP contribution in [0, 0.1) is 0 Å². The highest BCUT2D eigenvalue weighted by Crippen LogP contribution is 2.08. The summed E-state index contributed by atoms with van der Waals surface area (Å²) in [4.78, 5) is 195. The van der Waals surface area contributed by atoms with Crippen LogP contribution in [0.2, 0.25) is 0 Å². The minimum atomic E-state index is -1.04. The molecule has 654 valence electrons. The number of aliphatic hydroxyl groups excluding tert-OH is 4. The van der Waals surface area contributed by atoms with E-state index in [1.54, 1.807) is 13.8 Å². The van der Waals surface area contributed by atoms with Gasteiger partial charge < -0.3 is 77.4 Å². The molecule has 0 heterocycles. The van der Waals surface area contributed by atoms with Gasteiger partial charge in [0.15, 0.2) is 46.3 Å². The highest BCUT2D eigenvalue weighted by atomic mass is 16.5. The second-order valence-corrected chi connectivity index (χ2v) is 26.0. The van der Waals surface area contributed by atoms with E-state index in [9.17, 15) is 91.4 Å². The van der Waals surface area contributed by atoms with Gasteiger partial charge in [0.2, 0.25) is 11.6 Å². The number of aliphatic hydroxyl groups is 4. The van der Waals surface area contributed by atoms with Crippen LogP contribution in [0.3, 0.4) is 0 Å². The van der Waals surface area contributed by atoms with Crippen molar-refractivity contribution >= 4 is 104 Å². The standard InChI is InChI=1S/2C9H16O4.C9H14O4.C9H16O4.3C9H16O3.C9H18O3.C9H16O3/c1-7(10)5-8(11)3-4-9(12)6-13-2;1-7(10)3-4-8(11)5-9(12)6-13-2;1-7(10)9(12)5-3-4-8(11)6-13-2;1-7(10)4-3-5-8(11)9(12)6-13-2;1-8(10)5-3-4-6-9(11)7-12-2;1-3-8(10)5-4-6-9(11)7-12-2;1-3-4-8(10)5-6-9(11)7-12-2;1-3-4-5-8(10)6-9(11)7-12-2;1-3-4-5-6-8(10)9(11)7-12-2/h7,10H,3-6H2,1-2H3;9,12H,3-6H2,1-2H3;3-6H2,1-2H3;9,12H,3-6H2,1-2H3;3*3-7H2,1-2H3;9,11H,3-7H2,1-2H3;3-7H2,1-2H3. The molecule has 0 amide bonds. The molecule has 0 aliphatic heterocycles. The number of rotatable bonds is 63. The summed E-state index contributed by atoms with van der Waals surface area (Å²) in [7, 11) is 13.2. The van der Waals surface area contributed by atoms with Crippen LogP contribution >= 0.6 is 0 Å². The van der Waals surface area contributed by atoms with Gasteiger partial charge in [-0.3, -0.25) is 71.9 Å². The molecule has 0 aliphatic rings. The van der Waals surface area contributed by atoms with Crippen molar-refractivity contribution in [2.75, 3.05) is 123 Å². The largest absolute Gasteiger partial charge is 0.393 e. The molecule has 0 aliphatic carbocycles. The van der Waals surface area contributed by atoms with Crippen LogP contribution in [-0.2, 0) is 129 Å². The quantitative estimate of drug-likeness (QED) is 0.0330. The van der Waals surface area contributed by atoms with Crippen molar-refractivity contribution in [3.8, 4) is 0 Å². The average Bonchev–Trinajstić information content (AvgIpc) is 0.985. The van der Waals surface area contributed by atoms with Crippen molar-refractivity contribution in [2.24, 2.45) is 0 Å². The Labute approximate surface area is 666 Å². The van der Waals surface area contributed by atoms with Gasteiger partial charge in [-0.1, -0.05) is 47.0 Å². The highest BCUT2D eigenvalue weighted by Gasteiger charge is 2.17. The first-order valence-corrected chi connectivity index (χ1v) is 38.2. The third-order valence-corrected chi connectivity index (χ3v) is 14.2. The van der Waals surface area contributed by atoms with E-state index in [4.69, 9.17) is 20.1 Å². The maximum Gasteiger partial charge on any atom is 0.223 e. The topological polar surface area (TPSA) is 471 Å². The smallest absolute Gasteiger partial charge is 0.223 e. The zero-order valence-corrected chi connectivity index (χ0v) is 71.1. The van der Waals surface area contributed by atoms with Crippen molar-refractivity contribution in [1.82, 2.24) is 0 Å². The van der Waals surface area contributed by atoms with Crippen molar-refractivity contribution in [1.29, 1.82) is 0 Å². The van der Waals surface area contributed by atoms with Gasteiger partial charge in [-0.05, 0) is 79.1 Å². The molecular weight excluding hydrogens is 1470 g/mol. The van der Waals surface area contributed by atoms with Crippen LogP contribution in [0.1, 0.15) is 268 Å². The number of ether oxygens (including phenoxy) is 9. The predicted octanol–water partition coefficient (Wildman–Crippen LogP) is 8.04. The molecule has 4 unspecified atom stereocenters. The number of Topliss-reactive ketones (excluding diaryl/α,β-unsaturated/α-hetero) is 18. The van der Waals surface area contributed by atoms with Gasteiger partial charge in [-0.2, -0.15) is 0 Å². The molecule has 0 saturated carbocycles. The van der Waals surface area contributed by atoms with E-state index < -0.39 is 41.8 Å². The molecule has 0 fully saturated rings. The van der Waals surface area contributed by atoms with Crippen LogP contribution in [0.25, 0.3) is 0 Å². The van der Waals surface area contributed by atoms with E-state index >= 15 is 0 Å². The second-order valence-electron chi connectivity index (χ2n) is 26.0. The Hall–Kier alpha value is -6.46. The summed E-state index contributed by atoms with van der Waals surface area (Å²) in [5.41, 5.74) is 0. The first-order chi connectivity index (χ1) is 52.8. The number of hydrogen-bond donors (Lipinski definition) is 4. The van der Waals surface area contributed by atoms with Crippen LogP contribution in [-0.4, -0.2) is 272 Å². The molecule has 112 heavy (non-hydrogen) atoms. The lowest BCUT2D eigenvalue weighted by Crippen LogP contribution is -2.25. The number of carbonyl (C=O) groups is 18. The van der Waals surface area contributed by atoms with Gasteiger partial charge in [0.25, 0.3) is 0 Å². The predicted molar refractivity (Wildman–Crippen MR) is 420 cm³/mol. The van der Waals surface area contributed by atoms with Gasteiger partial charge in [0, 0.05) is 206 Å². The lowest BCUT2D eigenvalue weighted by atomic mass is 10.1. The normalized spacial score (nSPS) is 11.1. The van der Waals surface area contributed by atoms with E-state index in [0.717, 1.165) is 51.4 Å². The third kappa shape index (κ3) is 112. The van der Waals surface area contributed by atoms with E-state index in [1.165, 1.54) is 84.8 Å². The van der Waals surface area contributed by atoms with E-state index in [-0.39, 0.29) is 204 Å². The lowest BCUT2D eigenvalue weighted by molar-refractivity contribution is -0.138. The first kappa shape index (κ1) is 124. The number of carbonyl (C=O) groups excluding carboxylic acids is 18. The molecule has 0 aromatic rings. The van der Waals surface area contributed by atoms with Gasteiger partial charge >= 0.3 is 0 Å². The van der Waals surface area contributed by atoms with Gasteiger partial charge in [-0.15, -0.1) is 0 Å². The molecule has 31 nitrogen and oxygen atoms in total. The molecule has 0 aromatic heterocycles. The fourth-order valence-electron chi connectivity index (χ4n) is 8.27. The van der Waals surface area contributed by atoms with Crippen molar-refractivity contribution in [3.05, 3.63) is 0 Å². The van der Waals surface area contributed by atoms with Gasteiger partial charge in [0.1, 0.15) is 92.0 Å². The first-order valence-electron chi connectivity index (χ1n) is 38.2.